The zero-order valence-corrected chi connectivity index (χ0v) is 12.3. The fraction of sp³-hybridized carbons (Fsp3) is 0.500. The summed E-state index contributed by atoms with van der Waals surface area (Å²) in [6.07, 6.45) is 1.15. The summed E-state index contributed by atoms with van der Waals surface area (Å²) in [5, 5.41) is 1.42. The third-order valence-electron chi connectivity index (χ3n) is 2.90. The first-order valence-electron chi connectivity index (χ1n) is 6.37. The highest BCUT2D eigenvalue weighted by molar-refractivity contribution is 7.19. The Bertz CT molecular complexity index is 512. The van der Waals surface area contributed by atoms with Gasteiger partial charge in [-0.2, -0.15) is 0 Å². The van der Waals surface area contributed by atoms with Gasteiger partial charge in [0.1, 0.15) is 0 Å². The molecule has 0 unspecified atom stereocenters. The standard InChI is InChI=1S/C16H22S/c1-11(2)15-9-13-8-12(10-16(3,4)5)6-7-14(13)17-15/h6-9,11H,10H2,1-5H3. The van der Waals surface area contributed by atoms with Crippen molar-refractivity contribution in [3.05, 3.63) is 34.7 Å². The van der Waals surface area contributed by atoms with Crippen LogP contribution in [0.15, 0.2) is 24.3 Å². The molecule has 0 saturated heterocycles. The first kappa shape index (κ1) is 12.6. The van der Waals surface area contributed by atoms with Gasteiger partial charge in [0.25, 0.3) is 0 Å². The molecule has 0 spiro atoms. The van der Waals surface area contributed by atoms with Crippen molar-refractivity contribution >= 4 is 21.4 Å². The van der Waals surface area contributed by atoms with Crippen LogP contribution in [-0.4, -0.2) is 0 Å². The summed E-state index contributed by atoms with van der Waals surface area (Å²) in [6, 6.07) is 9.29. The van der Waals surface area contributed by atoms with Crippen LogP contribution in [-0.2, 0) is 6.42 Å². The molecule has 0 fully saturated rings. The molecule has 0 saturated carbocycles. The molecule has 0 aliphatic heterocycles. The van der Waals surface area contributed by atoms with Crippen molar-refractivity contribution < 1.29 is 0 Å². The third kappa shape index (κ3) is 3.10. The Balaban J connectivity index is 2.37. The van der Waals surface area contributed by atoms with Gasteiger partial charge in [-0.15, -0.1) is 11.3 Å². The van der Waals surface area contributed by atoms with Gasteiger partial charge in [0, 0.05) is 9.58 Å². The first-order valence-corrected chi connectivity index (χ1v) is 7.19. The van der Waals surface area contributed by atoms with E-state index in [1.54, 1.807) is 0 Å². The van der Waals surface area contributed by atoms with E-state index in [4.69, 9.17) is 0 Å². The summed E-state index contributed by atoms with van der Waals surface area (Å²) in [4.78, 5) is 1.49. The van der Waals surface area contributed by atoms with E-state index in [0.717, 1.165) is 6.42 Å². The van der Waals surface area contributed by atoms with Gasteiger partial charge in [0.15, 0.2) is 0 Å². The number of thiophene rings is 1. The predicted octanol–water partition coefficient (Wildman–Crippen LogP) is 5.61. The van der Waals surface area contributed by atoms with E-state index in [1.165, 1.54) is 20.5 Å². The second-order valence-corrected chi connectivity index (χ2v) is 7.53. The predicted molar refractivity (Wildman–Crippen MR) is 79.1 cm³/mol. The number of rotatable bonds is 2. The van der Waals surface area contributed by atoms with Gasteiger partial charge in [0.05, 0.1) is 0 Å². The summed E-state index contributed by atoms with van der Waals surface area (Å²) < 4.78 is 1.42. The molecule has 0 radical (unpaired) electrons. The van der Waals surface area contributed by atoms with Crippen LogP contribution >= 0.6 is 11.3 Å². The van der Waals surface area contributed by atoms with E-state index in [9.17, 15) is 0 Å². The van der Waals surface area contributed by atoms with Crippen LogP contribution in [0, 0.1) is 5.41 Å². The molecular weight excluding hydrogens is 224 g/mol. The molecule has 0 aliphatic rings. The summed E-state index contributed by atoms with van der Waals surface area (Å²) in [5.74, 6) is 0.637. The molecule has 17 heavy (non-hydrogen) atoms. The van der Waals surface area contributed by atoms with Crippen LogP contribution in [0.2, 0.25) is 0 Å². The minimum absolute atomic E-state index is 0.366. The topological polar surface area (TPSA) is 0 Å². The molecule has 1 aromatic carbocycles. The minimum Gasteiger partial charge on any atom is -0.140 e. The van der Waals surface area contributed by atoms with Gasteiger partial charge < -0.3 is 0 Å². The number of hydrogen-bond donors (Lipinski definition) is 0. The lowest BCUT2D eigenvalue weighted by molar-refractivity contribution is 0.411. The zero-order valence-electron chi connectivity index (χ0n) is 11.5. The second-order valence-electron chi connectivity index (χ2n) is 6.41. The van der Waals surface area contributed by atoms with E-state index >= 15 is 0 Å². The summed E-state index contributed by atoms with van der Waals surface area (Å²) in [6.45, 7) is 11.4. The van der Waals surface area contributed by atoms with Gasteiger partial charge in [-0.05, 0) is 40.8 Å². The highest BCUT2D eigenvalue weighted by atomic mass is 32.1. The fourth-order valence-electron chi connectivity index (χ4n) is 2.12. The van der Waals surface area contributed by atoms with E-state index in [1.807, 2.05) is 11.3 Å². The van der Waals surface area contributed by atoms with Crippen molar-refractivity contribution in [1.82, 2.24) is 0 Å². The lowest BCUT2D eigenvalue weighted by Crippen LogP contribution is -2.08. The Labute approximate surface area is 109 Å². The monoisotopic (exact) mass is 246 g/mol. The van der Waals surface area contributed by atoms with Gasteiger partial charge in [-0.3, -0.25) is 0 Å². The molecule has 0 N–H and O–H groups in total. The van der Waals surface area contributed by atoms with Crippen LogP contribution in [0.25, 0.3) is 10.1 Å². The largest absolute Gasteiger partial charge is 0.140 e. The van der Waals surface area contributed by atoms with Crippen molar-refractivity contribution in [1.29, 1.82) is 0 Å². The van der Waals surface area contributed by atoms with Gasteiger partial charge in [-0.25, -0.2) is 0 Å². The van der Waals surface area contributed by atoms with Crippen LogP contribution < -0.4 is 0 Å². The molecule has 2 rings (SSSR count). The molecule has 0 aliphatic carbocycles. The van der Waals surface area contributed by atoms with Gasteiger partial charge in [0.2, 0.25) is 0 Å². The number of benzene rings is 1. The maximum atomic E-state index is 2.36. The van der Waals surface area contributed by atoms with Crippen molar-refractivity contribution in [2.75, 3.05) is 0 Å². The summed E-state index contributed by atoms with van der Waals surface area (Å²) in [7, 11) is 0. The number of hydrogen-bond acceptors (Lipinski definition) is 1. The molecule has 1 heterocycles. The van der Waals surface area contributed by atoms with Crippen molar-refractivity contribution in [3.63, 3.8) is 0 Å². The van der Waals surface area contributed by atoms with Crippen LogP contribution in [0.5, 0.6) is 0 Å². The maximum absolute atomic E-state index is 2.36. The third-order valence-corrected chi connectivity index (χ3v) is 4.32. The normalized spacial score (nSPS) is 12.6. The molecule has 1 aromatic heterocycles. The fourth-order valence-corrected chi connectivity index (χ4v) is 3.17. The molecule has 0 amide bonds. The molecular formula is C16H22S. The smallest absolute Gasteiger partial charge is 0.0345 e. The zero-order chi connectivity index (χ0) is 12.6. The highest BCUT2D eigenvalue weighted by Gasteiger charge is 2.12. The Hall–Kier alpha value is -0.820. The maximum Gasteiger partial charge on any atom is 0.0345 e. The molecule has 1 heteroatoms. The Morgan fingerprint density at radius 2 is 1.82 bits per heavy atom. The minimum atomic E-state index is 0.366. The Morgan fingerprint density at radius 3 is 2.41 bits per heavy atom. The number of fused-ring (bicyclic) bond motifs is 1. The second kappa shape index (κ2) is 4.45. The summed E-state index contributed by atoms with van der Waals surface area (Å²) >= 11 is 1.93. The van der Waals surface area contributed by atoms with Crippen molar-refractivity contribution in [3.8, 4) is 0 Å². The van der Waals surface area contributed by atoms with E-state index in [-0.39, 0.29) is 0 Å². The van der Waals surface area contributed by atoms with E-state index in [0.29, 0.717) is 11.3 Å². The van der Waals surface area contributed by atoms with Crippen molar-refractivity contribution in [2.24, 2.45) is 5.41 Å². The lowest BCUT2D eigenvalue weighted by atomic mass is 9.88. The SMILES string of the molecule is CC(C)c1cc2cc(CC(C)(C)C)ccc2s1. The lowest BCUT2D eigenvalue weighted by Gasteiger charge is -2.17. The van der Waals surface area contributed by atoms with Crippen LogP contribution in [0.3, 0.4) is 0 Å². The van der Waals surface area contributed by atoms with E-state index < -0.39 is 0 Å². The molecule has 92 valence electrons. The molecule has 0 atom stereocenters. The van der Waals surface area contributed by atoms with Crippen molar-refractivity contribution in [2.45, 2.75) is 47.0 Å². The van der Waals surface area contributed by atoms with Crippen LogP contribution in [0.1, 0.15) is 51.0 Å². The molecule has 0 nitrogen and oxygen atoms in total. The quantitative estimate of drug-likeness (QED) is 0.645. The average molecular weight is 246 g/mol. The van der Waals surface area contributed by atoms with E-state index in [2.05, 4.69) is 58.9 Å². The Kier molecular flexibility index (Phi) is 3.31. The van der Waals surface area contributed by atoms with Crippen LogP contribution in [0.4, 0.5) is 0 Å². The highest BCUT2D eigenvalue weighted by Crippen LogP contribution is 2.32. The Morgan fingerprint density at radius 1 is 1.12 bits per heavy atom. The summed E-state index contributed by atoms with van der Waals surface area (Å²) in [5.41, 5.74) is 1.82. The van der Waals surface area contributed by atoms with Gasteiger partial charge >= 0.3 is 0 Å². The molecule has 2 aromatic rings. The first-order chi connectivity index (χ1) is 7.85. The average Bonchev–Trinajstić information content (AvgIpc) is 2.57. The van der Waals surface area contributed by atoms with Gasteiger partial charge in [-0.1, -0.05) is 46.8 Å². The molecule has 0 bridgehead atoms.